The molecule has 0 radical (unpaired) electrons. The number of carbonyl (C=O) groups is 2. The topological polar surface area (TPSA) is 52.6 Å². The van der Waals surface area contributed by atoms with Crippen LogP contribution in [0.3, 0.4) is 0 Å². The summed E-state index contributed by atoms with van der Waals surface area (Å²) in [5.41, 5.74) is 2.13. The zero-order chi connectivity index (χ0) is 50.5. The van der Waals surface area contributed by atoms with Crippen molar-refractivity contribution in [3.05, 3.63) is 60.8 Å². The molecule has 5 rings (SSSR count). The van der Waals surface area contributed by atoms with Gasteiger partial charge in [-0.25, -0.2) is 0 Å². The van der Waals surface area contributed by atoms with Crippen LogP contribution in [0.1, 0.15) is 274 Å². The fourth-order valence-corrected chi connectivity index (χ4v) is 16.4. The van der Waals surface area contributed by atoms with Crippen molar-refractivity contribution in [3.8, 4) is 0 Å². The van der Waals surface area contributed by atoms with Gasteiger partial charge in [-0.1, -0.05) is 173 Å². The standard InChI is InChI=1S/C66H110O4/c1-10-12-14-16-18-20-22-24-26-28-30-32-34-36-38-40-59(67)69-52-66-49-44-54(53(3)4)61(66)55-42-43-57-63(7)47-46-58(62(5,6)56(63)45-48-65(57,9)64(55,8)50-51-66)70-60(68)41-39-37-35-33-31-29-27-25-23-21-19-17-15-13-11-2/h18-21,24-27,54-58,61H,3,10-17,22-23,28-52H2,1-2,4-9H3/t54-,55+,56-,57+,58-,61+,63-,64+,65+,66+/m0/s1. The van der Waals surface area contributed by atoms with Crippen LogP contribution in [0.4, 0.5) is 0 Å². The van der Waals surface area contributed by atoms with Crippen LogP contribution in [0.5, 0.6) is 0 Å². The molecule has 0 heterocycles. The molecule has 5 fully saturated rings. The van der Waals surface area contributed by atoms with Crippen LogP contribution in [-0.4, -0.2) is 24.6 Å². The molecular formula is C66H110O4. The Labute approximate surface area is 433 Å². The van der Waals surface area contributed by atoms with Crippen molar-refractivity contribution in [2.75, 3.05) is 6.61 Å². The normalized spacial score (nSPS) is 32.6. The Kier molecular flexibility index (Phi) is 24.2. The fourth-order valence-electron chi connectivity index (χ4n) is 16.4. The number of ether oxygens (including phenoxy) is 2. The van der Waals surface area contributed by atoms with Gasteiger partial charge in [-0.15, -0.1) is 0 Å². The highest BCUT2D eigenvalue weighted by Gasteiger charge is 2.71. The van der Waals surface area contributed by atoms with Gasteiger partial charge in [0.1, 0.15) is 6.10 Å². The highest BCUT2D eigenvalue weighted by molar-refractivity contribution is 5.69. The molecule has 0 aromatic heterocycles. The maximum Gasteiger partial charge on any atom is 0.306 e. The Morgan fingerprint density at radius 1 is 0.529 bits per heavy atom. The minimum Gasteiger partial charge on any atom is -0.465 e. The van der Waals surface area contributed by atoms with Crippen molar-refractivity contribution in [1.29, 1.82) is 0 Å². The van der Waals surface area contributed by atoms with Crippen molar-refractivity contribution < 1.29 is 19.1 Å². The fraction of sp³-hybridized carbons (Fsp3) is 0.818. The first kappa shape index (κ1) is 58.5. The summed E-state index contributed by atoms with van der Waals surface area (Å²) in [6.45, 7) is 25.0. The lowest BCUT2D eigenvalue weighted by Gasteiger charge is -2.73. The molecule has 5 aliphatic carbocycles. The van der Waals surface area contributed by atoms with Gasteiger partial charge in [0.05, 0.1) is 6.61 Å². The maximum absolute atomic E-state index is 13.4. The quantitative estimate of drug-likeness (QED) is 0.0383. The predicted molar refractivity (Wildman–Crippen MR) is 299 cm³/mol. The number of esters is 2. The first-order chi connectivity index (χ1) is 33.7. The third-order valence-electron chi connectivity index (χ3n) is 20.6. The van der Waals surface area contributed by atoms with Crippen LogP contribution >= 0.6 is 0 Å². The van der Waals surface area contributed by atoms with Gasteiger partial charge in [0.15, 0.2) is 0 Å². The van der Waals surface area contributed by atoms with E-state index in [1.54, 1.807) is 0 Å². The molecule has 398 valence electrons. The van der Waals surface area contributed by atoms with E-state index in [4.69, 9.17) is 9.47 Å². The Morgan fingerprint density at radius 2 is 1.06 bits per heavy atom. The molecule has 10 atom stereocenters. The summed E-state index contributed by atoms with van der Waals surface area (Å²) >= 11 is 0. The predicted octanol–water partition coefficient (Wildman–Crippen LogP) is 19.7. The first-order valence-corrected chi connectivity index (χ1v) is 30.3. The molecule has 0 spiro atoms. The zero-order valence-electron chi connectivity index (χ0n) is 47.2. The molecule has 0 amide bonds. The summed E-state index contributed by atoms with van der Waals surface area (Å²) in [5, 5.41) is 0. The van der Waals surface area contributed by atoms with E-state index < -0.39 is 0 Å². The molecule has 5 aliphatic rings. The largest absolute Gasteiger partial charge is 0.465 e. The van der Waals surface area contributed by atoms with Crippen LogP contribution in [-0.2, 0) is 19.1 Å². The SMILES string of the molecule is C=C(C)[C@@H]1CC[C@]2(COC(=O)CCCCCCCC=CCC=CCCCCC)CC[C@]3(C)[C@H](CC[C@@H]4[C@@]5(C)CC[C@H](OC(=O)CCCCCCCC=CCC=CCCCCC)C(C)(C)[C@@H]5CC[C@]43C)[C@@H]12. The molecule has 0 aromatic rings. The third-order valence-corrected chi connectivity index (χ3v) is 20.6. The summed E-state index contributed by atoms with van der Waals surface area (Å²) in [5.74, 6) is 2.97. The summed E-state index contributed by atoms with van der Waals surface area (Å²) in [6, 6.07) is 0. The molecule has 0 N–H and O–H groups in total. The Bertz CT molecular complexity index is 1700. The molecular weight excluding hydrogens is 857 g/mol. The van der Waals surface area contributed by atoms with E-state index in [0.717, 1.165) is 64.2 Å². The van der Waals surface area contributed by atoms with Gasteiger partial charge >= 0.3 is 11.9 Å². The van der Waals surface area contributed by atoms with Crippen LogP contribution in [0.2, 0.25) is 0 Å². The number of hydrogen-bond donors (Lipinski definition) is 0. The number of fused-ring (bicyclic) bond motifs is 7. The number of carbonyl (C=O) groups excluding carboxylic acids is 2. The first-order valence-electron chi connectivity index (χ1n) is 30.3. The van der Waals surface area contributed by atoms with E-state index in [1.165, 1.54) is 147 Å². The van der Waals surface area contributed by atoms with E-state index >= 15 is 0 Å². The van der Waals surface area contributed by atoms with Gasteiger partial charge in [0.2, 0.25) is 0 Å². The highest BCUT2D eigenvalue weighted by atomic mass is 16.5. The molecule has 0 saturated heterocycles. The lowest BCUT2D eigenvalue weighted by atomic mass is 9.32. The van der Waals surface area contributed by atoms with E-state index in [0.29, 0.717) is 49.0 Å². The number of hydrogen-bond acceptors (Lipinski definition) is 4. The van der Waals surface area contributed by atoms with Gasteiger partial charge in [-0.2, -0.15) is 0 Å². The Balaban J connectivity index is 1.06. The van der Waals surface area contributed by atoms with Crippen molar-refractivity contribution in [2.45, 2.75) is 280 Å². The average molecular weight is 968 g/mol. The number of allylic oxidation sites excluding steroid dienone is 9. The van der Waals surface area contributed by atoms with Gasteiger partial charge in [-0.05, 0) is 194 Å². The maximum atomic E-state index is 13.4. The summed E-state index contributed by atoms with van der Waals surface area (Å²) in [4.78, 5) is 26.8. The van der Waals surface area contributed by atoms with Gasteiger partial charge in [-0.3, -0.25) is 9.59 Å². The van der Waals surface area contributed by atoms with Crippen molar-refractivity contribution in [1.82, 2.24) is 0 Å². The van der Waals surface area contributed by atoms with E-state index in [-0.39, 0.29) is 45.1 Å². The van der Waals surface area contributed by atoms with Crippen LogP contribution < -0.4 is 0 Å². The van der Waals surface area contributed by atoms with E-state index in [9.17, 15) is 9.59 Å². The molecule has 4 nitrogen and oxygen atoms in total. The molecule has 4 heteroatoms. The van der Waals surface area contributed by atoms with E-state index in [1.807, 2.05) is 0 Å². The van der Waals surface area contributed by atoms with Gasteiger partial charge in [0.25, 0.3) is 0 Å². The van der Waals surface area contributed by atoms with Crippen LogP contribution in [0.25, 0.3) is 0 Å². The number of rotatable bonds is 32. The minimum absolute atomic E-state index is 0.00946. The lowest BCUT2D eigenvalue weighted by molar-refractivity contribution is -0.252. The molecule has 70 heavy (non-hydrogen) atoms. The molecule has 0 aromatic carbocycles. The lowest BCUT2D eigenvalue weighted by Crippen LogP contribution is -2.67. The minimum atomic E-state index is -0.0373. The Morgan fingerprint density at radius 3 is 1.61 bits per heavy atom. The van der Waals surface area contributed by atoms with Crippen molar-refractivity contribution >= 4 is 11.9 Å². The molecule has 0 bridgehead atoms. The van der Waals surface area contributed by atoms with Crippen LogP contribution in [0.15, 0.2) is 60.8 Å². The summed E-state index contributed by atoms with van der Waals surface area (Å²) in [7, 11) is 0. The second-order valence-electron chi connectivity index (χ2n) is 25.5. The second kappa shape index (κ2) is 28.9. The van der Waals surface area contributed by atoms with Crippen molar-refractivity contribution in [3.63, 3.8) is 0 Å². The smallest absolute Gasteiger partial charge is 0.306 e. The van der Waals surface area contributed by atoms with Crippen molar-refractivity contribution in [2.24, 2.45) is 56.7 Å². The highest BCUT2D eigenvalue weighted by Crippen LogP contribution is 2.77. The summed E-state index contributed by atoms with van der Waals surface area (Å²) in [6.07, 6.45) is 58.0. The third kappa shape index (κ3) is 15.1. The van der Waals surface area contributed by atoms with Crippen LogP contribution in [0, 0.1) is 56.7 Å². The number of unbranched alkanes of at least 4 members (excludes halogenated alkanes) is 16. The molecule has 5 saturated carbocycles. The second-order valence-corrected chi connectivity index (χ2v) is 25.5. The average Bonchev–Trinajstić information content (AvgIpc) is 3.72. The monoisotopic (exact) mass is 967 g/mol. The van der Waals surface area contributed by atoms with E-state index in [2.05, 4.69) is 111 Å². The summed E-state index contributed by atoms with van der Waals surface area (Å²) < 4.78 is 12.9. The zero-order valence-corrected chi connectivity index (χ0v) is 47.2. The van der Waals surface area contributed by atoms with Gasteiger partial charge < -0.3 is 9.47 Å². The molecule has 0 aliphatic heterocycles. The molecule has 0 unspecified atom stereocenters. The van der Waals surface area contributed by atoms with Gasteiger partial charge in [0, 0.05) is 23.7 Å². The Hall–Kier alpha value is -2.36.